The number of methoxy groups -OCH3 is 1. The van der Waals surface area contributed by atoms with Gasteiger partial charge in [-0.15, -0.1) is 0 Å². The molecule has 5 nitrogen and oxygen atoms in total. The maximum atomic E-state index is 12.3. The Morgan fingerprint density at radius 1 is 1.25 bits per heavy atom. The van der Waals surface area contributed by atoms with Crippen LogP contribution in [0.25, 0.3) is 0 Å². The van der Waals surface area contributed by atoms with Crippen molar-refractivity contribution < 1.29 is 14.3 Å². The van der Waals surface area contributed by atoms with Gasteiger partial charge in [0, 0.05) is 38.4 Å². The molecule has 1 saturated heterocycles. The third-order valence-electron chi connectivity index (χ3n) is 3.64. The van der Waals surface area contributed by atoms with Crippen molar-refractivity contribution in [3.63, 3.8) is 0 Å². The molecule has 0 spiro atoms. The van der Waals surface area contributed by atoms with E-state index in [4.69, 9.17) is 4.74 Å². The minimum absolute atomic E-state index is 0.0262. The maximum absolute atomic E-state index is 12.3. The monoisotopic (exact) mass is 276 g/mol. The molecule has 1 aromatic carbocycles. The van der Waals surface area contributed by atoms with Gasteiger partial charge in [0.05, 0.1) is 13.0 Å². The molecule has 0 aromatic heterocycles. The molecular weight excluding hydrogens is 256 g/mol. The number of hydrogen-bond acceptors (Lipinski definition) is 4. The lowest BCUT2D eigenvalue weighted by Gasteiger charge is -2.17. The van der Waals surface area contributed by atoms with Crippen LogP contribution in [0.2, 0.25) is 0 Å². The minimum Gasteiger partial charge on any atom is -0.469 e. The first-order valence-corrected chi connectivity index (χ1v) is 6.67. The van der Waals surface area contributed by atoms with Crippen LogP contribution in [0.5, 0.6) is 0 Å². The molecule has 0 radical (unpaired) electrons. The third kappa shape index (κ3) is 2.92. The van der Waals surface area contributed by atoms with E-state index in [0.717, 1.165) is 5.69 Å². The fourth-order valence-corrected chi connectivity index (χ4v) is 2.39. The number of carbonyl (C=O) groups excluding carboxylic acids is 2. The average molecular weight is 276 g/mol. The van der Waals surface area contributed by atoms with E-state index in [1.807, 2.05) is 43.3 Å². The van der Waals surface area contributed by atoms with Crippen molar-refractivity contribution in [1.82, 2.24) is 4.90 Å². The van der Waals surface area contributed by atoms with E-state index in [0.29, 0.717) is 25.1 Å². The second-order valence-corrected chi connectivity index (χ2v) is 5.20. The van der Waals surface area contributed by atoms with Crippen LogP contribution >= 0.6 is 0 Å². The van der Waals surface area contributed by atoms with Crippen molar-refractivity contribution in [3.05, 3.63) is 29.8 Å². The summed E-state index contributed by atoms with van der Waals surface area (Å²) >= 11 is 0. The molecule has 5 heteroatoms. The van der Waals surface area contributed by atoms with Gasteiger partial charge in [0.25, 0.3) is 5.91 Å². The van der Waals surface area contributed by atoms with Crippen LogP contribution in [-0.2, 0) is 9.53 Å². The topological polar surface area (TPSA) is 49.9 Å². The average Bonchev–Trinajstić information content (AvgIpc) is 2.95. The van der Waals surface area contributed by atoms with Crippen molar-refractivity contribution in [1.29, 1.82) is 0 Å². The van der Waals surface area contributed by atoms with Crippen molar-refractivity contribution in [2.24, 2.45) is 5.92 Å². The summed E-state index contributed by atoms with van der Waals surface area (Å²) in [6, 6.07) is 7.48. The molecule has 0 bridgehead atoms. The highest BCUT2D eigenvalue weighted by Crippen LogP contribution is 2.21. The van der Waals surface area contributed by atoms with E-state index in [1.54, 1.807) is 4.90 Å². The summed E-state index contributed by atoms with van der Waals surface area (Å²) in [6.45, 7) is 1.05. The molecule has 0 aliphatic carbocycles. The molecule has 20 heavy (non-hydrogen) atoms. The fourth-order valence-electron chi connectivity index (χ4n) is 2.39. The highest BCUT2D eigenvalue weighted by atomic mass is 16.5. The van der Waals surface area contributed by atoms with Gasteiger partial charge in [-0.05, 0) is 30.7 Å². The molecule has 1 aliphatic heterocycles. The van der Waals surface area contributed by atoms with Crippen LogP contribution in [-0.4, -0.2) is 51.1 Å². The van der Waals surface area contributed by atoms with Gasteiger partial charge in [-0.25, -0.2) is 0 Å². The molecule has 0 saturated carbocycles. The number of carbonyl (C=O) groups is 2. The molecule has 1 unspecified atom stereocenters. The van der Waals surface area contributed by atoms with Crippen LogP contribution < -0.4 is 4.90 Å². The molecule has 1 amide bonds. The van der Waals surface area contributed by atoms with Crippen LogP contribution in [0.1, 0.15) is 16.8 Å². The molecule has 1 atom stereocenters. The zero-order chi connectivity index (χ0) is 14.7. The Hall–Kier alpha value is -2.04. The first-order valence-electron chi connectivity index (χ1n) is 6.67. The zero-order valence-electron chi connectivity index (χ0n) is 12.1. The smallest absolute Gasteiger partial charge is 0.310 e. The van der Waals surface area contributed by atoms with E-state index in [2.05, 4.69) is 0 Å². The van der Waals surface area contributed by atoms with E-state index in [-0.39, 0.29) is 17.8 Å². The van der Waals surface area contributed by atoms with Gasteiger partial charge in [0.1, 0.15) is 0 Å². The standard InChI is InChI=1S/C15H20N2O3/c1-16(2)13-6-4-11(5-7-13)14(18)17-9-8-12(10-17)15(19)20-3/h4-7,12H,8-10H2,1-3H3. The highest BCUT2D eigenvalue weighted by molar-refractivity contribution is 5.95. The molecule has 2 rings (SSSR count). The Morgan fingerprint density at radius 2 is 1.90 bits per heavy atom. The Bertz CT molecular complexity index is 496. The Balaban J connectivity index is 2.03. The van der Waals surface area contributed by atoms with E-state index < -0.39 is 0 Å². The summed E-state index contributed by atoms with van der Waals surface area (Å²) in [4.78, 5) is 27.5. The van der Waals surface area contributed by atoms with Crippen LogP contribution in [0.3, 0.4) is 0 Å². The largest absolute Gasteiger partial charge is 0.469 e. The zero-order valence-corrected chi connectivity index (χ0v) is 12.1. The summed E-state index contributed by atoms with van der Waals surface area (Å²) in [7, 11) is 5.29. The van der Waals surface area contributed by atoms with E-state index in [9.17, 15) is 9.59 Å². The molecule has 108 valence electrons. The molecular formula is C15H20N2O3. The fraction of sp³-hybridized carbons (Fsp3) is 0.467. The predicted molar refractivity (Wildman–Crippen MR) is 76.8 cm³/mol. The number of ether oxygens (including phenoxy) is 1. The predicted octanol–water partition coefficient (Wildman–Crippen LogP) is 1.39. The number of amides is 1. The van der Waals surface area contributed by atoms with Gasteiger partial charge in [-0.2, -0.15) is 0 Å². The number of hydrogen-bond donors (Lipinski definition) is 0. The Morgan fingerprint density at radius 3 is 2.45 bits per heavy atom. The highest BCUT2D eigenvalue weighted by Gasteiger charge is 2.31. The van der Waals surface area contributed by atoms with Crippen LogP contribution in [0.4, 0.5) is 5.69 Å². The number of anilines is 1. The number of nitrogens with zero attached hydrogens (tertiary/aromatic N) is 2. The van der Waals surface area contributed by atoms with Gasteiger partial charge in [0.15, 0.2) is 0 Å². The Labute approximate surface area is 119 Å². The number of benzene rings is 1. The van der Waals surface area contributed by atoms with Crippen LogP contribution in [0.15, 0.2) is 24.3 Å². The van der Waals surface area contributed by atoms with Gasteiger partial charge >= 0.3 is 5.97 Å². The molecule has 0 N–H and O–H groups in total. The van der Waals surface area contributed by atoms with Gasteiger partial charge in [-0.3, -0.25) is 9.59 Å². The van der Waals surface area contributed by atoms with Gasteiger partial charge in [0.2, 0.25) is 0 Å². The molecule has 1 aliphatic rings. The first-order chi connectivity index (χ1) is 9.52. The summed E-state index contributed by atoms with van der Waals surface area (Å²) < 4.78 is 4.73. The number of esters is 1. The maximum Gasteiger partial charge on any atom is 0.310 e. The van der Waals surface area contributed by atoms with Crippen molar-refractivity contribution in [3.8, 4) is 0 Å². The molecule has 1 aromatic rings. The summed E-state index contributed by atoms with van der Waals surface area (Å²) in [6.07, 6.45) is 0.675. The third-order valence-corrected chi connectivity index (χ3v) is 3.64. The lowest BCUT2D eigenvalue weighted by molar-refractivity contribution is -0.144. The second kappa shape index (κ2) is 5.94. The van der Waals surface area contributed by atoms with Crippen molar-refractivity contribution >= 4 is 17.6 Å². The Kier molecular flexibility index (Phi) is 4.27. The van der Waals surface area contributed by atoms with E-state index in [1.165, 1.54) is 7.11 Å². The van der Waals surface area contributed by atoms with Crippen molar-refractivity contribution in [2.45, 2.75) is 6.42 Å². The first kappa shape index (κ1) is 14.4. The summed E-state index contributed by atoms with van der Waals surface area (Å²) in [5, 5.41) is 0. The lowest BCUT2D eigenvalue weighted by Crippen LogP contribution is -2.30. The SMILES string of the molecule is COC(=O)C1CCN(C(=O)c2ccc(N(C)C)cc2)C1. The number of likely N-dealkylation sites (tertiary alicyclic amines) is 1. The van der Waals surface area contributed by atoms with Crippen LogP contribution in [0, 0.1) is 5.92 Å². The molecule has 1 fully saturated rings. The van der Waals surface area contributed by atoms with Crippen molar-refractivity contribution in [2.75, 3.05) is 39.2 Å². The van der Waals surface area contributed by atoms with E-state index >= 15 is 0 Å². The molecule has 1 heterocycles. The van der Waals surface area contributed by atoms with Gasteiger partial charge < -0.3 is 14.5 Å². The van der Waals surface area contributed by atoms with Gasteiger partial charge in [-0.1, -0.05) is 0 Å². The quantitative estimate of drug-likeness (QED) is 0.783. The second-order valence-electron chi connectivity index (χ2n) is 5.20. The summed E-state index contributed by atoms with van der Waals surface area (Å²) in [5.41, 5.74) is 1.71. The minimum atomic E-state index is -0.233. The summed E-state index contributed by atoms with van der Waals surface area (Å²) in [5.74, 6) is -0.449. The lowest BCUT2D eigenvalue weighted by atomic mass is 10.1. The number of rotatable bonds is 3. The normalized spacial score (nSPS) is 17.9.